The van der Waals surface area contributed by atoms with Crippen LogP contribution in [0, 0.1) is 0 Å². The molecule has 0 unspecified atom stereocenters. The third-order valence-electron chi connectivity index (χ3n) is 12.9. The first-order valence-electron chi connectivity index (χ1n) is 26.5. The number of aliphatic imine (C=N–C) groups is 1. The van der Waals surface area contributed by atoms with E-state index >= 15 is 16.8 Å². The number of nitrogens with zero attached hydrogens (tertiary/aromatic N) is 5. The lowest BCUT2D eigenvalue weighted by atomic mass is 9.96. The van der Waals surface area contributed by atoms with Crippen molar-refractivity contribution in [2.24, 2.45) is 15.3 Å². The number of rotatable bonds is 23. The maximum Gasteiger partial charge on any atom is 0.408 e. The van der Waals surface area contributed by atoms with E-state index in [1.807, 2.05) is 30.3 Å². The molecule has 2 bridgehead atoms. The Morgan fingerprint density at radius 2 is 1.39 bits per heavy atom. The summed E-state index contributed by atoms with van der Waals surface area (Å²) in [5, 5.41) is 24.6. The first-order chi connectivity index (χ1) is 39.8. The highest BCUT2D eigenvalue weighted by atomic mass is 32.2. The number of nitrogens with two attached hydrogens (primary N) is 1. The van der Waals surface area contributed by atoms with Crippen molar-refractivity contribution in [3.8, 4) is 28.4 Å². The van der Waals surface area contributed by atoms with Gasteiger partial charge in [0.25, 0.3) is 0 Å². The number of carbonyl (C=O) groups is 3. The molecule has 7 rings (SSSR count). The summed E-state index contributed by atoms with van der Waals surface area (Å²) in [6.45, 7) is 8.34. The highest BCUT2D eigenvalue weighted by Gasteiger charge is 2.40. The number of para-hydroxylation sites is 1. The Labute approximate surface area is 489 Å². The molecule has 6 aromatic carbocycles. The third kappa shape index (κ3) is 15.9. The van der Waals surface area contributed by atoms with Crippen molar-refractivity contribution >= 4 is 61.0 Å². The zero-order valence-electron chi connectivity index (χ0n) is 48.1. The first kappa shape index (κ1) is 63.0. The summed E-state index contributed by atoms with van der Waals surface area (Å²) in [5.74, 6) is -0.0295. The van der Waals surface area contributed by atoms with Gasteiger partial charge >= 0.3 is 12.2 Å². The molecule has 6 aromatic rings. The van der Waals surface area contributed by atoms with Crippen LogP contribution in [-0.4, -0.2) is 113 Å². The number of nitrogen functional groups attached to an aromatic ring is 1. The average Bonchev–Trinajstić information content (AvgIpc) is 1.01. The second-order valence-corrected chi connectivity index (χ2v) is 24.8. The Bertz CT molecular complexity index is 3560. The molecular formula is C59H70N10O13S2. The Morgan fingerprint density at radius 3 is 1.98 bits per heavy atom. The van der Waals surface area contributed by atoms with E-state index in [2.05, 4.69) is 31.1 Å². The number of amidine groups is 1. The summed E-state index contributed by atoms with van der Waals surface area (Å²) in [6.07, 6.45) is -2.22. The molecular weight excluding hydrogens is 1120 g/mol. The molecule has 3 amide bonds. The van der Waals surface area contributed by atoms with E-state index in [1.165, 1.54) is 45.6 Å². The van der Waals surface area contributed by atoms with Crippen LogP contribution in [0.15, 0.2) is 153 Å². The Kier molecular flexibility index (Phi) is 20.4. The molecule has 1 aliphatic rings. The lowest BCUT2D eigenvalue weighted by Crippen LogP contribution is -2.57. The molecule has 0 radical (unpaired) electrons. The van der Waals surface area contributed by atoms with Gasteiger partial charge in [0.15, 0.2) is 5.84 Å². The standard InChI is InChI=1S/C59H70N10O13S2/c1-58(2,3)69(57(72)73)48(37-81-36-40-14-11-10-12-15-40)55(70)65-46-17-13-16-45(52(46)60)44-27-29-50(83(74,75)63-31-30-61-56(71)82-59(4,5)6)53(51(44)54-64-47-32-41(33-62-67-66-54)22-28-49(47)80-9)84(76,77)68(34-38-18-23-42(78-7)24-19-38)35-39-20-25-43(79-8)26-21-39/h10-29,32,48,63H,30-31,33-37,60H2,1-9H3,(H,61,71)(H,65,70)(H,72,73)(H,62,64,66)/t48-/m0/s1. The highest BCUT2D eigenvalue weighted by molar-refractivity contribution is 7.92. The van der Waals surface area contributed by atoms with E-state index in [0.29, 0.717) is 28.2 Å². The predicted molar refractivity (Wildman–Crippen MR) is 317 cm³/mol. The van der Waals surface area contributed by atoms with Crippen LogP contribution in [0.2, 0.25) is 0 Å². The fourth-order valence-corrected chi connectivity index (χ4v) is 12.4. The molecule has 25 heteroatoms. The number of methoxy groups -OCH3 is 3. The minimum Gasteiger partial charge on any atom is -0.497 e. The van der Waals surface area contributed by atoms with Crippen LogP contribution in [0.25, 0.3) is 11.1 Å². The van der Waals surface area contributed by atoms with Gasteiger partial charge in [-0.15, -0.1) is 5.11 Å². The molecule has 1 heterocycles. The van der Waals surface area contributed by atoms with Crippen molar-refractivity contribution in [2.75, 3.05) is 52.1 Å². The van der Waals surface area contributed by atoms with Crippen LogP contribution in [0.5, 0.6) is 17.2 Å². The summed E-state index contributed by atoms with van der Waals surface area (Å²) in [5.41, 5.74) is 9.96. The number of anilines is 2. The second-order valence-electron chi connectivity index (χ2n) is 21.2. The van der Waals surface area contributed by atoms with Crippen molar-refractivity contribution < 1.29 is 60.0 Å². The minimum atomic E-state index is -5.20. The highest BCUT2D eigenvalue weighted by Crippen LogP contribution is 2.42. The molecule has 84 heavy (non-hydrogen) atoms. The molecule has 0 aliphatic carbocycles. The number of sulfonamides is 2. The Balaban J connectivity index is 1.49. The van der Waals surface area contributed by atoms with Gasteiger partial charge in [0.1, 0.15) is 44.4 Å². The zero-order chi connectivity index (χ0) is 61.0. The van der Waals surface area contributed by atoms with Crippen LogP contribution in [0.3, 0.4) is 0 Å². The normalized spacial score (nSPS) is 13.0. The number of fused-ring (bicyclic) bond motifs is 2. The zero-order valence-corrected chi connectivity index (χ0v) is 49.8. The van der Waals surface area contributed by atoms with Crippen molar-refractivity contribution in [2.45, 2.75) is 94.8 Å². The number of hydrogen-bond acceptors (Lipinski definition) is 17. The monoisotopic (exact) mass is 1190 g/mol. The van der Waals surface area contributed by atoms with Crippen molar-refractivity contribution in [3.63, 3.8) is 0 Å². The van der Waals surface area contributed by atoms with E-state index in [4.69, 9.17) is 34.4 Å². The van der Waals surface area contributed by atoms with Gasteiger partial charge in [0.2, 0.25) is 26.0 Å². The first-order valence-corrected chi connectivity index (χ1v) is 29.4. The quantitative estimate of drug-likeness (QED) is 0.0258. The molecule has 0 saturated heterocycles. The lowest BCUT2D eigenvalue weighted by molar-refractivity contribution is -0.125. The van der Waals surface area contributed by atoms with Crippen LogP contribution in [-0.2, 0) is 60.6 Å². The Morgan fingerprint density at radius 1 is 0.750 bits per heavy atom. The van der Waals surface area contributed by atoms with Crippen LogP contribution in [0.1, 0.15) is 69.4 Å². The number of benzene rings is 6. The number of ether oxygens (including phenoxy) is 5. The second kappa shape index (κ2) is 27.2. The molecule has 446 valence electrons. The van der Waals surface area contributed by atoms with Gasteiger partial charge in [-0.3, -0.25) is 15.1 Å². The van der Waals surface area contributed by atoms with E-state index in [1.54, 1.807) is 108 Å². The number of alkyl carbamates (subject to hydrolysis) is 1. The van der Waals surface area contributed by atoms with Crippen LogP contribution >= 0.6 is 0 Å². The predicted octanol–water partition coefficient (Wildman–Crippen LogP) is 9.01. The molecule has 0 fully saturated rings. The van der Waals surface area contributed by atoms with Crippen molar-refractivity contribution in [1.29, 1.82) is 0 Å². The summed E-state index contributed by atoms with van der Waals surface area (Å²) in [7, 11) is -5.76. The van der Waals surface area contributed by atoms with Gasteiger partial charge in [0.05, 0.1) is 58.0 Å². The van der Waals surface area contributed by atoms with Crippen LogP contribution in [0.4, 0.5) is 26.7 Å². The smallest absolute Gasteiger partial charge is 0.408 e. The molecule has 23 nitrogen and oxygen atoms in total. The third-order valence-corrected chi connectivity index (χ3v) is 16.4. The number of amides is 3. The number of nitrogens with one attached hydrogen (secondary N) is 4. The lowest BCUT2D eigenvalue weighted by Gasteiger charge is -2.38. The van der Waals surface area contributed by atoms with Crippen molar-refractivity contribution in [3.05, 3.63) is 155 Å². The topological polar surface area (TPSA) is 304 Å². The maximum atomic E-state index is 16.5. The van der Waals surface area contributed by atoms with Gasteiger partial charge < -0.3 is 45.2 Å². The molecule has 7 N–H and O–H groups in total. The van der Waals surface area contributed by atoms with Gasteiger partial charge in [-0.05, 0) is 118 Å². The van der Waals surface area contributed by atoms with Gasteiger partial charge in [-0.25, -0.2) is 36.1 Å². The molecule has 0 aromatic heterocycles. The van der Waals surface area contributed by atoms with Gasteiger partial charge in [-0.1, -0.05) is 84.1 Å². The summed E-state index contributed by atoms with van der Waals surface area (Å²) in [4.78, 5) is 44.6. The molecule has 0 spiro atoms. The molecule has 1 atom stereocenters. The number of carboxylic acid groups (broad SMARTS) is 1. The number of carbonyl (C=O) groups excluding carboxylic acids is 2. The number of hydrogen-bond donors (Lipinski definition) is 6. The van der Waals surface area contributed by atoms with E-state index in [0.717, 1.165) is 20.8 Å². The van der Waals surface area contributed by atoms with Crippen molar-refractivity contribution in [1.82, 2.24) is 24.7 Å². The summed E-state index contributed by atoms with van der Waals surface area (Å²) < 4.78 is 94.8. The molecule has 1 aliphatic heterocycles. The minimum absolute atomic E-state index is 0.0364. The Hall–Kier alpha value is -8.62. The van der Waals surface area contributed by atoms with Gasteiger partial charge in [-0.2, -0.15) is 4.31 Å². The van der Waals surface area contributed by atoms with Gasteiger partial charge in [0, 0.05) is 37.3 Å². The molecule has 0 saturated carbocycles. The van der Waals surface area contributed by atoms with E-state index in [9.17, 15) is 19.5 Å². The van der Waals surface area contributed by atoms with E-state index < -0.39 is 83.1 Å². The fraction of sp³-hybridized carbons (Fsp3) is 0.322. The SMILES string of the molecule is COc1ccc(CN(Cc2ccc(OC)cc2)S(=O)(=O)c2c(S(=O)(=O)NCCNC(=O)OC(C)(C)C)ccc(-c3cccc(NC(=O)[C@H](COCc4ccccc4)N(C(=O)O)C(C)(C)C)c3N)c2C2=Nc3cc(ccc3OC)CNN=N2)cc1. The summed E-state index contributed by atoms with van der Waals surface area (Å²) >= 11 is 0. The maximum absolute atomic E-state index is 16.5. The van der Waals surface area contributed by atoms with Crippen LogP contribution < -0.4 is 40.7 Å². The average molecular weight is 1190 g/mol. The van der Waals surface area contributed by atoms with E-state index in [-0.39, 0.29) is 73.3 Å². The summed E-state index contributed by atoms with van der Waals surface area (Å²) in [6, 6.07) is 33.0. The largest absolute Gasteiger partial charge is 0.497 e. The fourth-order valence-electron chi connectivity index (χ4n) is 8.97.